The van der Waals surface area contributed by atoms with Crippen molar-refractivity contribution in [3.05, 3.63) is 18.0 Å². The maximum Gasteiger partial charge on any atom is 0.225 e. The Hall–Kier alpha value is -0.870. The molecule has 1 unspecified atom stereocenters. The molecular formula is C11H16ClN3O. The van der Waals surface area contributed by atoms with E-state index in [1.165, 1.54) is 0 Å². The molecule has 0 spiro atoms. The van der Waals surface area contributed by atoms with E-state index in [9.17, 15) is 0 Å². The fraction of sp³-hybridized carbons (Fsp3) is 0.636. The normalized spacial score (nSPS) is 20.4. The summed E-state index contributed by atoms with van der Waals surface area (Å²) < 4.78 is 5.16. The predicted octanol–water partition coefficient (Wildman–Crippen LogP) is 1.69. The van der Waals surface area contributed by atoms with Crippen molar-refractivity contribution in [2.75, 3.05) is 31.7 Å². The molecule has 0 aliphatic carbocycles. The highest BCUT2D eigenvalue weighted by atomic mass is 35.5. The Labute approximate surface area is 101 Å². The number of methoxy groups -OCH3 is 1. The van der Waals surface area contributed by atoms with E-state index >= 15 is 0 Å². The quantitative estimate of drug-likeness (QED) is 0.752. The third-order valence-electron chi connectivity index (χ3n) is 2.82. The third kappa shape index (κ3) is 2.62. The van der Waals surface area contributed by atoms with Crippen LogP contribution in [0.3, 0.4) is 0 Å². The van der Waals surface area contributed by atoms with E-state index in [1.807, 2.05) is 0 Å². The molecule has 2 heterocycles. The van der Waals surface area contributed by atoms with Crippen LogP contribution in [0.25, 0.3) is 0 Å². The second kappa shape index (κ2) is 5.46. The van der Waals surface area contributed by atoms with Crippen LogP contribution in [0, 0.1) is 5.92 Å². The lowest BCUT2D eigenvalue weighted by Gasteiger charge is -2.15. The fourth-order valence-electron chi connectivity index (χ4n) is 1.97. The number of alkyl halides is 1. The molecule has 0 saturated carbocycles. The Morgan fingerprint density at radius 1 is 1.50 bits per heavy atom. The highest BCUT2D eigenvalue weighted by Crippen LogP contribution is 2.20. The van der Waals surface area contributed by atoms with Gasteiger partial charge in [-0.15, -0.1) is 11.6 Å². The van der Waals surface area contributed by atoms with E-state index in [-0.39, 0.29) is 0 Å². The van der Waals surface area contributed by atoms with Crippen LogP contribution in [0.5, 0.6) is 0 Å². The van der Waals surface area contributed by atoms with Crippen molar-refractivity contribution in [1.29, 1.82) is 0 Å². The minimum absolute atomic E-state index is 0.465. The van der Waals surface area contributed by atoms with Crippen molar-refractivity contribution in [3.8, 4) is 0 Å². The molecule has 88 valence electrons. The molecule has 1 fully saturated rings. The summed E-state index contributed by atoms with van der Waals surface area (Å²) in [6, 6.07) is 0. The lowest BCUT2D eigenvalue weighted by atomic mass is 10.1. The molecule has 2 rings (SSSR count). The molecule has 1 aromatic heterocycles. The smallest absolute Gasteiger partial charge is 0.225 e. The number of hydrogen-bond donors (Lipinski definition) is 0. The average molecular weight is 242 g/mol. The topological polar surface area (TPSA) is 38.2 Å². The summed E-state index contributed by atoms with van der Waals surface area (Å²) in [5.74, 6) is 1.86. The Bertz CT molecular complexity index is 331. The molecule has 0 N–H and O–H groups in total. The SMILES string of the molecule is COCC1CCN(c2ncc(CCl)cn2)C1. The van der Waals surface area contributed by atoms with Crippen molar-refractivity contribution in [3.63, 3.8) is 0 Å². The van der Waals surface area contributed by atoms with Gasteiger partial charge in [0.05, 0.1) is 12.5 Å². The Morgan fingerprint density at radius 2 is 2.25 bits per heavy atom. The Kier molecular flexibility index (Phi) is 3.96. The van der Waals surface area contributed by atoms with E-state index in [1.54, 1.807) is 19.5 Å². The number of ether oxygens (including phenoxy) is 1. The molecule has 1 saturated heterocycles. The number of nitrogens with zero attached hydrogens (tertiary/aromatic N) is 3. The van der Waals surface area contributed by atoms with Crippen LogP contribution in [0.2, 0.25) is 0 Å². The molecule has 1 atom stereocenters. The van der Waals surface area contributed by atoms with Crippen LogP contribution in [0.4, 0.5) is 5.95 Å². The van der Waals surface area contributed by atoms with Gasteiger partial charge in [0, 0.05) is 44.1 Å². The fourth-order valence-corrected chi connectivity index (χ4v) is 2.10. The van der Waals surface area contributed by atoms with Crippen LogP contribution in [0.15, 0.2) is 12.4 Å². The van der Waals surface area contributed by atoms with Crippen molar-refractivity contribution in [2.24, 2.45) is 5.92 Å². The predicted molar refractivity (Wildman–Crippen MR) is 63.8 cm³/mol. The lowest BCUT2D eigenvalue weighted by molar-refractivity contribution is 0.161. The molecule has 0 amide bonds. The molecule has 1 aliphatic rings. The molecule has 1 aliphatic heterocycles. The number of rotatable bonds is 4. The highest BCUT2D eigenvalue weighted by Gasteiger charge is 2.23. The first kappa shape index (κ1) is 11.6. The molecule has 0 radical (unpaired) electrons. The van der Waals surface area contributed by atoms with Crippen molar-refractivity contribution in [2.45, 2.75) is 12.3 Å². The van der Waals surface area contributed by atoms with Crippen molar-refractivity contribution >= 4 is 17.5 Å². The Morgan fingerprint density at radius 3 is 2.88 bits per heavy atom. The van der Waals surface area contributed by atoms with Gasteiger partial charge in [-0.25, -0.2) is 9.97 Å². The second-order valence-corrected chi connectivity index (χ2v) is 4.35. The maximum atomic E-state index is 5.69. The molecular weight excluding hydrogens is 226 g/mol. The largest absolute Gasteiger partial charge is 0.384 e. The second-order valence-electron chi connectivity index (χ2n) is 4.08. The van der Waals surface area contributed by atoms with Gasteiger partial charge in [-0.2, -0.15) is 0 Å². The van der Waals surface area contributed by atoms with Gasteiger partial charge in [-0.1, -0.05) is 0 Å². The highest BCUT2D eigenvalue weighted by molar-refractivity contribution is 6.17. The zero-order chi connectivity index (χ0) is 11.4. The van der Waals surface area contributed by atoms with Gasteiger partial charge >= 0.3 is 0 Å². The van der Waals surface area contributed by atoms with Crippen LogP contribution in [0.1, 0.15) is 12.0 Å². The summed E-state index contributed by atoms with van der Waals surface area (Å²) in [5, 5.41) is 0. The van der Waals surface area contributed by atoms with Crippen molar-refractivity contribution < 1.29 is 4.74 Å². The summed E-state index contributed by atoms with van der Waals surface area (Å²) in [4.78, 5) is 10.8. The average Bonchev–Trinajstić information content (AvgIpc) is 2.78. The number of halogens is 1. The standard InChI is InChI=1S/C11H16ClN3O/c1-16-8-9-2-3-15(7-9)11-13-5-10(4-12)6-14-11/h5-6,9H,2-4,7-8H2,1H3. The first-order valence-electron chi connectivity index (χ1n) is 5.44. The van der Waals surface area contributed by atoms with Gasteiger partial charge in [0.25, 0.3) is 0 Å². The van der Waals surface area contributed by atoms with Crippen LogP contribution in [-0.2, 0) is 10.6 Å². The van der Waals surface area contributed by atoms with E-state index in [0.29, 0.717) is 11.8 Å². The lowest BCUT2D eigenvalue weighted by Crippen LogP contribution is -2.23. The maximum absolute atomic E-state index is 5.69. The van der Waals surface area contributed by atoms with Crippen LogP contribution < -0.4 is 4.90 Å². The first-order valence-corrected chi connectivity index (χ1v) is 5.97. The summed E-state index contributed by atoms with van der Waals surface area (Å²) in [6.45, 7) is 2.80. The number of aromatic nitrogens is 2. The molecule has 16 heavy (non-hydrogen) atoms. The van der Waals surface area contributed by atoms with Gasteiger partial charge < -0.3 is 9.64 Å². The van der Waals surface area contributed by atoms with E-state index in [0.717, 1.165) is 37.6 Å². The van der Waals surface area contributed by atoms with E-state index in [4.69, 9.17) is 16.3 Å². The molecule has 1 aromatic rings. The summed E-state index contributed by atoms with van der Waals surface area (Å²) >= 11 is 5.69. The summed E-state index contributed by atoms with van der Waals surface area (Å²) in [7, 11) is 1.74. The molecule has 4 nitrogen and oxygen atoms in total. The summed E-state index contributed by atoms with van der Waals surface area (Å²) in [6.07, 6.45) is 4.73. The molecule has 0 aromatic carbocycles. The van der Waals surface area contributed by atoms with Crippen LogP contribution in [-0.4, -0.2) is 36.8 Å². The third-order valence-corrected chi connectivity index (χ3v) is 3.13. The van der Waals surface area contributed by atoms with Gasteiger partial charge in [0.15, 0.2) is 0 Å². The Balaban J connectivity index is 1.97. The van der Waals surface area contributed by atoms with Gasteiger partial charge in [0.1, 0.15) is 0 Å². The van der Waals surface area contributed by atoms with Crippen molar-refractivity contribution in [1.82, 2.24) is 9.97 Å². The molecule has 5 heteroatoms. The zero-order valence-electron chi connectivity index (χ0n) is 9.40. The zero-order valence-corrected chi connectivity index (χ0v) is 10.2. The van der Waals surface area contributed by atoms with Gasteiger partial charge in [-0.3, -0.25) is 0 Å². The number of anilines is 1. The van der Waals surface area contributed by atoms with Crippen LogP contribution >= 0.6 is 11.6 Å². The monoisotopic (exact) mass is 241 g/mol. The van der Waals surface area contributed by atoms with Gasteiger partial charge in [-0.05, 0) is 6.42 Å². The van der Waals surface area contributed by atoms with Gasteiger partial charge in [0.2, 0.25) is 5.95 Å². The number of hydrogen-bond acceptors (Lipinski definition) is 4. The first-order chi connectivity index (χ1) is 7.83. The minimum atomic E-state index is 0.465. The minimum Gasteiger partial charge on any atom is -0.384 e. The summed E-state index contributed by atoms with van der Waals surface area (Å²) in [5.41, 5.74) is 0.957. The molecule has 0 bridgehead atoms. The van der Waals surface area contributed by atoms with E-state index in [2.05, 4.69) is 14.9 Å². The van der Waals surface area contributed by atoms with E-state index < -0.39 is 0 Å².